The molecule has 0 unspecified atom stereocenters. The highest BCUT2D eigenvalue weighted by Gasteiger charge is 2.15. The minimum Gasteiger partial charge on any atom is -0.396 e. The molecule has 1 aromatic heterocycles. The van der Waals surface area contributed by atoms with Gasteiger partial charge in [-0.05, 0) is 30.3 Å². The van der Waals surface area contributed by atoms with Gasteiger partial charge in [0.05, 0.1) is 17.6 Å². The zero-order valence-electron chi connectivity index (χ0n) is 9.80. The molecular formula is C13H12FN3O. The fourth-order valence-corrected chi connectivity index (χ4v) is 1.60. The molecular weight excluding hydrogens is 233 g/mol. The van der Waals surface area contributed by atoms with Gasteiger partial charge in [-0.25, -0.2) is 4.39 Å². The molecule has 0 saturated heterocycles. The van der Waals surface area contributed by atoms with Gasteiger partial charge in [-0.1, -0.05) is 0 Å². The number of nitrogens with zero attached hydrogens (tertiary/aromatic N) is 2. The number of nitrogens with two attached hydrogens (primary N) is 1. The molecule has 1 aromatic carbocycles. The summed E-state index contributed by atoms with van der Waals surface area (Å²) in [5, 5.41) is 0. The maximum Gasteiger partial charge on any atom is 0.258 e. The normalized spacial score (nSPS) is 10.1. The predicted octanol–water partition coefficient (Wildman–Crippen LogP) is 2.08. The van der Waals surface area contributed by atoms with Crippen molar-refractivity contribution in [2.45, 2.75) is 0 Å². The van der Waals surface area contributed by atoms with E-state index in [1.54, 1.807) is 19.3 Å². The molecule has 1 amide bonds. The number of hydrogen-bond acceptors (Lipinski definition) is 3. The van der Waals surface area contributed by atoms with Crippen LogP contribution in [0, 0.1) is 5.82 Å². The molecule has 0 aliphatic heterocycles. The van der Waals surface area contributed by atoms with E-state index in [9.17, 15) is 9.18 Å². The van der Waals surface area contributed by atoms with E-state index >= 15 is 0 Å². The third kappa shape index (κ3) is 2.29. The van der Waals surface area contributed by atoms with Gasteiger partial charge in [0, 0.05) is 18.8 Å². The Labute approximate surface area is 104 Å². The molecule has 0 radical (unpaired) electrons. The van der Waals surface area contributed by atoms with Crippen molar-refractivity contribution in [3.05, 3.63) is 54.1 Å². The van der Waals surface area contributed by atoms with Crippen molar-refractivity contribution in [1.29, 1.82) is 0 Å². The number of halogens is 1. The van der Waals surface area contributed by atoms with Gasteiger partial charge >= 0.3 is 0 Å². The Morgan fingerprint density at radius 3 is 2.56 bits per heavy atom. The number of anilines is 2. The van der Waals surface area contributed by atoms with Crippen LogP contribution in [0.4, 0.5) is 15.8 Å². The Balaban J connectivity index is 2.29. The molecule has 0 spiro atoms. The Morgan fingerprint density at radius 2 is 1.94 bits per heavy atom. The Hall–Kier alpha value is -2.43. The summed E-state index contributed by atoms with van der Waals surface area (Å²) in [6, 6.07) is 7.02. The van der Waals surface area contributed by atoms with Crippen LogP contribution in [0.5, 0.6) is 0 Å². The van der Waals surface area contributed by atoms with E-state index < -0.39 is 0 Å². The molecule has 0 fully saturated rings. The zero-order chi connectivity index (χ0) is 13.1. The Kier molecular flexibility index (Phi) is 3.23. The van der Waals surface area contributed by atoms with Crippen LogP contribution >= 0.6 is 0 Å². The maximum atomic E-state index is 12.8. The molecule has 0 aliphatic rings. The van der Waals surface area contributed by atoms with Crippen molar-refractivity contribution < 1.29 is 9.18 Å². The third-order valence-electron chi connectivity index (χ3n) is 2.59. The van der Waals surface area contributed by atoms with Gasteiger partial charge in [0.15, 0.2) is 0 Å². The molecule has 2 rings (SSSR count). The number of carbonyl (C=O) groups excluding carboxylic acids is 1. The summed E-state index contributed by atoms with van der Waals surface area (Å²) in [5.74, 6) is -0.634. The van der Waals surface area contributed by atoms with Crippen LogP contribution in [0.1, 0.15) is 10.4 Å². The number of amides is 1. The van der Waals surface area contributed by atoms with Crippen molar-refractivity contribution >= 4 is 17.3 Å². The number of pyridine rings is 1. The first-order chi connectivity index (χ1) is 8.59. The first-order valence-corrected chi connectivity index (χ1v) is 5.32. The van der Waals surface area contributed by atoms with E-state index in [2.05, 4.69) is 4.98 Å². The fraction of sp³-hybridized carbons (Fsp3) is 0.0769. The largest absolute Gasteiger partial charge is 0.396 e. The smallest absolute Gasteiger partial charge is 0.258 e. The van der Waals surface area contributed by atoms with Gasteiger partial charge in [-0.3, -0.25) is 9.78 Å². The average Bonchev–Trinajstić information content (AvgIpc) is 2.38. The van der Waals surface area contributed by atoms with Crippen LogP contribution in [0.25, 0.3) is 0 Å². The van der Waals surface area contributed by atoms with Gasteiger partial charge in [-0.15, -0.1) is 0 Å². The van der Waals surface area contributed by atoms with Crippen molar-refractivity contribution in [1.82, 2.24) is 4.98 Å². The topological polar surface area (TPSA) is 59.2 Å². The van der Waals surface area contributed by atoms with Crippen LogP contribution in [0.15, 0.2) is 42.7 Å². The Morgan fingerprint density at radius 1 is 1.28 bits per heavy atom. The fourth-order valence-electron chi connectivity index (χ4n) is 1.60. The monoisotopic (exact) mass is 245 g/mol. The second-order valence-electron chi connectivity index (χ2n) is 3.81. The Bertz CT molecular complexity index is 569. The standard InChI is InChI=1S/C13H12FN3O/c1-17(12-6-7-16-8-11(12)15)13(18)9-2-4-10(14)5-3-9/h2-8H,15H2,1H3. The van der Waals surface area contributed by atoms with Crippen LogP contribution in [0.2, 0.25) is 0 Å². The quantitative estimate of drug-likeness (QED) is 0.881. The molecule has 18 heavy (non-hydrogen) atoms. The number of benzene rings is 1. The first-order valence-electron chi connectivity index (χ1n) is 5.32. The van der Waals surface area contributed by atoms with E-state index in [1.165, 1.54) is 35.4 Å². The van der Waals surface area contributed by atoms with Gasteiger partial charge in [0.25, 0.3) is 5.91 Å². The summed E-state index contributed by atoms with van der Waals surface area (Å²) < 4.78 is 12.8. The van der Waals surface area contributed by atoms with Crippen LogP contribution in [-0.2, 0) is 0 Å². The number of carbonyl (C=O) groups is 1. The van der Waals surface area contributed by atoms with E-state index in [4.69, 9.17) is 5.73 Å². The molecule has 2 aromatic rings. The van der Waals surface area contributed by atoms with Crippen molar-refractivity contribution in [3.63, 3.8) is 0 Å². The van der Waals surface area contributed by atoms with Gasteiger partial charge in [-0.2, -0.15) is 0 Å². The highest BCUT2D eigenvalue weighted by molar-refractivity contribution is 6.07. The molecule has 4 nitrogen and oxygen atoms in total. The molecule has 0 saturated carbocycles. The highest BCUT2D eigenvalue weighted by Crippen LogP contribution is 2.21. The van der Waals surface area contributed by atoms with Crippen LogP contribution in [0.3, 0.4) is 0 Å². The van der Waals surface area contributed by atoms with E-state index in [1.807, 2.05) is 0 Å². The van der Waals surface area contributed by atoms with Crippen molar-refractivity contribution in [2.75, 3.05) is 17.7 Å². The molecule has 2 N–H and O–H groups in total. The molecule has 92 valence electrons. The highest BCUT2D eigenvalue weighted by atomic mass is 19.1. The van der Waals surface area contributed by atoms with Crippen LogP contribution < -0.4 is 10.6 Å². The average molecular weight is 245 g/mol. The van der Waals surface area contributed by atoms with Gasteiger partial charge in [0.1, 0.15) is 5.82 Å². The summed E-state index contributed by atoms with van der Waals surface area (Å²) in [7, 11) is 1.61. The first kappa shape index (κ1) is 12.0. The number of aromatic nitrogens is 1. The molecule has 5 heteroatoms. The lowest BCUT2D eigenvalue weighted by Gasteiger charge is -2.18. The summed E-state index contributed by atoms with van der Waals surface area (Å²) in [5.41, 5.74) is 7.12. The second-order valence-corrected chi connectivity index (χ2v) is 3.81. The molecule has 0 bridgehead atoms. The molecule has 1 heterocycles. The lowest BCUT2D eigenvalue weighted by molar-refractivity contribution is 0.0993. The minimum absolute atomic E-state index is 0.257. The molecule has 0 atom stereocenters. The zero-order valence-corrected chi connectivity index (χ0v) is 9.80. The summed E-state index contributed by atoms with van der Waals surface area (Å²) in [4.78, 5) is 17.4. The predicted molar refractivity (Wildman–Crippen MR) is 67.8 cm³/mol. The van der Waals surface area contributed by atoms with E-state index in [0.29, 0.717) is 16.9 Å². The minimum atomic E-state index is -0.377. The lowest BCUT2D eigenvalue weighted by atomic mass is 10.2. The third-order valence-corrected chi connectivity index (χ3v) is 2.59. The van der Waals surface area contributed by atoms with E-state index in [-0.39, 0.29) is 11.7 Å². The van der Waals surface area contributed by atoms with Gasteiger partial charge in [0.2, 0.25) is 0 Å². The lowest BCUT2D eigenvalue weighted by Crippen LogP contribution is -2.27. The number of hydrogen-bond donors (Lipinski definition) is 1. The van der Waals surface area contributed by atoms with Crippen LogP contribution in [-0.4, -0.2) is 17.9 Å². The van der Waals surface area contributed by atoms with Crippen molar-refractivity contribution in [3.8, 4) is 0 Å². The van der Waals surface area contributed by atoms with Gasteiger partial charge < -0.3 is 10.6 Å². The maximum absolute atomic E-state index is 12.8. The summed E-state index contributed by atoms with van der Waals surface area (Å²) >= 11 is 0. The number of nitrogen functional groups attached to an aromatic ring is 1. The van der Waals surface area contributed by atoms with Crippen molar-refractivity contribution in [2.24, 2.45) is 0 Å². The molecule has 0 aliphatic carbocycles. The summed E-state index contributed by atoms with van der Waals surface area (Å²) in [6.07, 6.45) is 3.03. The summed E-state index contributed by atoms with van der Waals surface area (Å²) in [6.45, 7) is 0. The SMILES string of the molecule is CN(C(=O)c1ccc(F)cc1)c1ccncc1N. The van der Waals surface area contributed by atoms with E-state index in [0.717, 1.165) is 0 Å². The number of rotatable bonds is 2. The second kappa shape index (κ2) is 4.83.